The Labute approximate surface area is 152 Å². The summed E-state index contributed by atoms with van der Waals surface area (Å²) in [5.74, 6) is -0.0162. The van der Waals surface area contributed by atoms with Crippen molar-refractivity contribution in [3.8, 4) is 11.1 Å². The third-order valence-electron chi connectivity index (χ3n) is 5.14. The van der Waals surface area contributed by atoms with E-state index in [1.54, 1.807) is 16.9 Å². The number of rotatable bonds is 5. The number of hydrogen-bond acceptors (Lipinski definition) is 4. The van der Waals surface area contributed by atoms with Gasteiger partial charge in [0.15, 0.2) is 5.65 Å². The predicted octanol–water partition coefficient (Wildman–Crippen LogP) is 2.61. The van der Waals surface area contributed by atoms with Crippen molar-refractivity contribution in [2.75, 3.05) is 19.6 Å². The fraction of sp³-hybridized carbons (Fsp3) is 0.350. The fourth-order valence-corrected chi connectivity index (χ4v) is 3.69. The van der Waals surface area contributed by atoms with Gasteiger partial charge in [0.05, 0.1) is 6.20 Å². The second-order valence-electron chi connectivity index (χ2n) is 6.66. The zero-order valence-corrected chi connectivity index (χ0v) is 14.9. The van der Waals surface area contributed by atoms with E-state index in [1.807, 2.05) is 36.5 Å². The highest BCUT2D eigenvalue weighted by molar-refractivity contribution is 5.95. The van der Waals surface area contributed by atoms with Gasteiger partial charge in [0.1, 0.15) is 0 Å². The van der Waals surface area contributed by atoms with Crippen molar-refractivity contribution in [3.63, 3.8) is 0 Å². The molecule has 3 aromatic rings. The van der Waals surface area contributed by atoms with Crippen molar-refractivity contribution < 1.29 is 4.79 Å². The van der Waals surface area contributed by atoms with Crippen molar-refractivity contribution in [2.24, 2.45) is 0 Å². The van der Waals surface area contributed by atoms with Gasteiger partial charge in [-0.05, 0) is 49.7 Å². The molecule has 26 heavy (non-hydrogen) atoms. The van der Waals surface area contributed by atoms with Crippen molar-refractivity contribution in [2.45, 2.75) is 25.8 Å². The molecule has 0 bridgehead atoms. The second-order valence-corrected chi connectivity index (χ2v) is 6.66. The molecule has 1 amide bonds. The Kier molecular flexibility index (Phi) is 4.67. The van der Waals surface area contributed by atoms with Crippen LogP contribution >= 0.6 is 0 Å². The molecule has 2 aromatic heterocycles. The summed E-state index contributed by atoms with van der Waals surface area (Å²) in [6.45, 7) is 5.07. The monoisotopic (exact) mass is 349 g/mol. The van der Waals surface area contributed by atoms with E-state index in [9.17, 15) is 4.79 Å². The summed E-state index contributed by atoms with van der Waals surface area (Å²) in [4.78, 5) is 19.3. The number of hydrogen-bond donors (Lipinski definition) is 1. The highest BCUT2D eigenvalue weighted by Gasteiger charge is 2.23. The average molecular weight is 349 g/mol. The minimum Gasteiger partial charge on any atom is -0.350 e. The van der Waals surface area contributed by atoms with Gasteiger partial charge < -0.3 is 5.32 Å². The summed E-state index contributed by atoms with van der Waals surface area (Å²) < 4.78 is 1.75. The topological polar surface area (TPSA) is 62.5 Å². The molecule has 0 spiro atoms. The zero-order chi connectivity index (χ0) is 17.9. The molecule has 134 valence electrons. The van der Waals surface area contributed by atoms with Crippen LogP contribution in [0, 0.1) is 0 Å². The molecule has 1 fully saturated rings. The van der Waals surface area contributed by atoms with Crippen LogP contribution in [0.3, 0.4) is 0 Å². The molecule has 6 heteroatoms. The number of aromatic nitrogens is 3. The van der Waals surface area contributed by atoms with Crippen molar-refractivity contribution in [3.05, 3.63) is 54.5 Å². The molecular formula is C20H23N5O. The minimum atomic E-state index is -0.0162. The number of fused-ring (bicyclic) bond motifs is 1. The summed E-state index contributed by atoms with van der Waals surface area (Å²) in [6, 6.07) is 9.95. The van der Waals surface area contributed by atoms with E-state index in [0.29, 0.717) is 18.2 Å². The molecule has 1 aliphatic rings. The first-order valence-electron chi connectivity index (χ1n) is 9.17. The Morgan fingerprint density at radius 3 is 2.96 bits per heavy atom. The van der Waals surface area contributed by atoms with E-state index < -0.39 is 0 Å². The van der Waals surface area contributed by atoms with Gasteiger partial charge in [0, 0.05) is 36.1 Å². The summed E-state index contributed by atoms with van der Waals surface area (Å²) in [5.41, 5.74) is 3.45. The summed E-state index contributed by atoms with van der Waals surface area (Å²) in [6.07, 6.45) is 7.81. The van der Waals surface area contributed by atoms with Gasteiger partial charge in [0.2, 0.25) is 0 Å². The van der Waals surface area contributed by atoms with E-state index in [4.69, 9.17) is 0 Å². The normalized spacial score (nSPS) is 17.7. The lowest BCUT2D eigenvalue weighted by molar-refractivity contribution is 0.0941. The van der Waals surface area contributed by atoms with Crippen LogP contribution in [-0.4, -0.2) is 51.1 Å². The van der Waals surface area contributed by atoms with Crippen LogP contribution in [0.25, 0.3) is 16.8 Å². The van der Waals surface area contributed by atoms with Gasteiger partial charge >= 0.3 is 0 Å². The van der Waals surface area contributed by atoms with E-state index >= 15 is 0 Å². The number of amides is 1. The number of nitrogens with zero attached hydrogens (tertiary/aromatic N) is 4. The number of benzene rings is 1. The van der Waals surface area contributed by atoms with Crippen LogP contribution in [0.15, 0.2) is 48.9 Å². The largest absolute Gasteiger partial charge is 0.350 e. The van der Waals surface area contributed by atoms with Crippen molar-refractivity contribution in [1.29, 1.82) is 0 Å². The maximum Gasteiger partial charge on any atom is 0.251 e. The lowest BCUT2D eigenvalue weighted by Crippen LogP contribution is -2.40. The van der Waals surface area contributed by atoms with Crippen LogP contribution in [0.1, 0.15) is 30.1 Å². The summed E-state index contributed by atoms with van der Waals surface area (Å²) >= 11 is 0. The summed E-state index contributed by atoms with van der Waals surface area (Å²) in [7, 11) is 0. The van der Waals surface area contributed by atoms with Gasteiger partial charge in [0.25, 0.3) is 5.91 Å². The number of carbonyl (C=O) groups excluding carboxylic acids is 1. The third kappa shape index (κ3) is 3.20. The van der Waals surface area contributed by atoms with Gasteiger partial charge in [-0.1, -0.05) is 19.1 Å². The molecule has 1 saturated heterocycles. The molecule has 0 unspecified atom stereocenters. The first kappa shape index (κ1) is 16.7. The Hall–Kier alpha value is -2.73. The molecule has 3 heterocycles. The minimum absolute atomic E-state index is 0.0162. The highest BCUT2D eigenvalue weighted by atomic mass is 16.1. The van der Waals surface area contributed by atoms with Crippen LogP contribution < -0.4 is 5.32 Å². The lowest BCUT2D eigenvalue weighted by Gasteiger charge is -2.22. The molecule has 4 rings (SSSR count). The smallest absolute Gasteiger partial charge is 0.251 e. The number of carbonyl (C=O) groups is 1. The van der Waals surface area contributed by atoms with Gasteiger partial charge in [-0.2, -0.15) is 5.10 Å². The number of nitrogens with one attached hydrogen (secondary N) is 1. The number of likely N-dealkylation sites (N-methyl/N-ethyl adjacent to an activating group) is 1. The third-order valence-corrected chi connectivity index (χ3v) is 5.14. The molecule has 1 N–H and O–H groups in total. The Morgan fingerprint density at radius 1 is 1.31 bits per heavy atom. The highest BCUT2D eigenvalue weighted by Crippen LogP contribution is 2.23. The van der Waals surface area contributed by atoms with Gasteiger partial charge in [-0.25, -0.2) is 9.50 Å². The van der Waals surface area contributed by atoms with Gasteiger partial charge in [-0.3, -0.25) is 9.69 Å². The molecular weight excluding hydrogens is 326 g/mol. The number of likely N-dealkylation sites (tertiary alicyclic amines) is 1. The van der Waals surface area contributed by atoms with E-state index in [2.05, 4.69) is 27.2 Å². The van der Waals surface area contributed by atoms with E-state index in [-0.39, 0.29) is 5.91 Å². The van der Waals surface area contributed by atoms with Crippen molar-refractivity contribution >= 4 is 11.6 Å². The van der Waals surface area contributed by atoms with Crippen LogP contribution in [-0.2, 0) is 0 Å². The Balaban J connectivity index is 1.45. The Bertz CT molecular complexity index is 902. The van der Waals surface area contributed by atoms with Crippen LogP contribution in [0.5, 0.6) is 0 Å². The lowest BCUT2D eigenvalue weighted by atomic mass is 10.1. The molecule has 6 nitrogen and oxygen atoms in total. The van der Waals surface area contributed by atoms with Crippen LogP contribution in [0.4, 0.5) is 0 Å². The first-order chi connectivity index (χ1) is 12.8. The maximum absolute atomic E-state index is 12.4. The first-order valence-corrected chi connectivity index (χ1v) is 9.17. The summed E-state index contributed by atoms with van der Waals surface area (Å²) in [5, 5.41) is 7.39. The average Bonchev–Trinajstić information content (AvgIpc) is 3.32. The predicted molar refractivity (Wildman–Crippen MR) is 101 cm³/mol. The molecule has 1 atom stereocenters. The van der Waals surface area contributed by atoms with E-state index in [0.717, 1.165) is 36.3 Å². The molecule has 0 aliphatic carbocycles. The quantitative estimate of drug-likeness (QED) is 0.769. The SMILES string of the molecule is CCN1CCC[C@@H]1CNC(=O)c1ccc(-c2cnn3cccnc23)cc1. The van der Waals surface area contributed by atoms with Gasteiger partial charge in [-0.15, -0.1) is 0 Å². The van der Waals surface area contributed by atoms with E-state index in [1.165, 1.54) is 6.42 Å². The molecule has 1 aromatic carbocycles. The van der Waals surface area contributed by atoms with Crippen molar-refractivity contribution in [1.82, 2.24) is 24.8 Å². The van der Waals surface area contributed by atoms with Crippen LogP contribution in [0.2, 0.25) is 0 Å². The standard InChI is InChI=1S/C20H23N5O/c1-2-24-11-3-5-17(24)13-22-20(26)16-8-6-15(7-9-16)18-14-23-25-12-4-10-21-19(18)25/h4,6-10,12,14,17H,2-3,5,11,13H2,1H3,(H,22,26)/t17-/m1/s1. The second kappa shape index (κ2) is 7.25. The molecule has 0 saturated carbocycles. The molecule has 0 radical (unpaired) electrons. The Morgan fingerprint density at radius 2 is 2.15 bits per heavy atom. The fourth-order valence-electron chi connectivity index (χ4n) is 3.69. The maximum atomic E-state index is 12.4. The molecule has 1 aliphatic heterocycles. The zero-order valence-electron chi connectivity index (χ0n) is 14.9.